The van der Waals surface area contributed by atoms with Crippen molar-refractivity contribution in [1.29, 1.82) is 0 Å². The Morgan fingerprint density at radius 3 is 2.80 bits per heavy atom. The van der Waals surface area contributed by atoms with Gasteiger partial charge < -0.3 is 4.90 Å². The van der Waals surface area contributed by atoms with Gasteiger partial charge in [-0.15, -0.1) is 0 Å². The second kappa shape index (κ2) is 7.08. The molecule has 0 aliphatic carbocycles. The number of para-hydroxylation sites is 1. The number of benzene rings is 1. The fourth-order valence-corrected chi connectivity index (χ4v) is 2.53. The topological polar surface area (TPSA) is 44.7 Å². The Balaban J connectivity index is 1.97. The zero-order chi connectivity index (χ0) is 14.4. The molecule has 0 unspecified atom stereocenters. The lowest BCUT2D eigenvalue weighted by Crippen LogP contribution is -2.38. The number of anilines is 1. The van der Waals surface area contributed by atoms with E-state index in [1.807, 2.05) is 6.07 Å². The molecule has 1 amide bonds. The molecule has 20 heavy (non-hydrogen) atoms. The fraction of sp³-hybridized carbons (Fsp3) is 0.500. The van der Waals surface area contributed by atoms with E-state index in [4.69, 9.17) is 0 Å². The smallest absolute Gasteiger partial charge is 0.259 e. The largest absolute Gasteiger partial charge is 0.362 e. The molecule has 1 aliphatic heterocycles. The van der Waals surface area contributed by atoms with Crippen molar-refractivity contribution in [1.82, 2.24) is 5.43 Å². The third-order valence-electron chi connectivity index (χ3n) is 3.70. The van der Waals surface area contributed by atoms with E-state index in [2.05, 4.69) is 47.5 Å². The molecule has 2 rings (SSSR count). The summed E-state index contributed by atoms with van der Waals surface area (Å²) in [6.45, 7) is 5.41. The number of rotatable bonds is 5. The highest BCUT2D eigenvalue weighted by Gasteiger charge is 2.18. The van der Waals surface area contributed by atoms with Crippen LogP contribution in [0, 0.1) is 0 Å². The van der Waals surface area contributed by atoms with Crippen LogP contribution in [0.5, 0.6) is 0 Å². The predicted molar refractivity (Wildman–Crippen MR) is 83.1 cm³/mol. The minimum atomic E-state index is -0.0406. The van der Waals surface area contributed by atoms with Gasteiger partial charge in [0.15, 0.2) is 0 Å². The highest BCUT2D eigenvalue weighted by atomic mass is 16.2. The number of carbonyl (C=O) groups excluding carboxylic acids is 1. The van der Waals surface area contributed by atoms with Crippen LogP contribution in [0.25, 0.3) is 0 Å². The standard InChI is InChI=1S/C16H23N3O/c1-3-14(4-2)17-18-16(20)12-19-11-7-9-13-8-5-6-10-15(13)19/h5-6,8,10H,3-4,7,9,11-12H2,1-2H3,(H,18,20). The molecular formula is C16H23N3O. The third-order valence-corrected chi connectivity index (χ3v) is 3.70. The van der Waals surface area contributed by atoms with E-state index in [0.717, 1.165) is 37.9 Å². The maximum atomic E-state index is 12.0. The number of carbonyl (C=O) groups is 1. The van der Waals surface area contributed by atoms with Crippen LogP contribution < -0.4 is 10.3 Å². The van der Waals surface area contributed by atoms with Crippen molar-refractivity contribution < 1.29 is 4.79 Å². The molecule has 1 aliphatic rings. The Morgan fingerprint density at radius 1 is 1.30 bits per heavy atom. The zero-order valence-electron chi connectivity index (χ0n) is 12.4. The predicted octanol–water partition coefficient (Wildman–Crippen LogP) is 2.73. The van der Waals surface area contributed by atoms with Gasteiger partial charge in [0.05, 0.1) is 6.54 Å². The van der Waals surface area contributed by atoms with Crippen molar-refractivity contribution in [2.75, 3.05) is 18.0 Å². The normalized spacial score (nSPS) is 13.6. The molecular weight excluding hydrogens is 250 g/mol. The van der Waals surface area contributed by atoms with E-state index in [-0.39, 0.29) is 5.91 Å². The Labute approximate surface area is 120 Å². The minimum Gasteiger partial charge on any atom is -0.362 e. The van der Waals surface area contributed by atoms with E-state index in [9.17, 15) is 4.79 Å². The van der Waals surface area contributed by atoms with E-state index in [1.165, 1.54) is 11.3 Å². The monoisotopic (exact) mass is 273 g/mol. The molecule has 0 spiro atoms. The van der Waals surface area contributed by atoms with Gasteiger partial charge in [-0.05, 0) is 37.3 Å². The van der Waals surface area contributed by atoms with Crippen molar-refractivity contribution in [3.63, 3.8) is 0 Å². The molecule has 0 aromatic heterocycles. The molecule has 0 radical (unpaired) electrons. The van der Waals surface area contributed by atoms with Gasteiger partial charge in [0, 0.05) is 17.9 Å². The maximum Gasteiger partial charge on any atom is 0.259 e. The Morgan fingerprint density at radius 2 is 2.05 bits per heavy atom. The molecule has 0 fully saturated rings. The maximum absolute atomic E-state index is 12.0. The van der Waals surface area contributed by atoms with Gasteiger partial charge in [-0.2, -0.15) is 5.10 Å². The number of hydrogen-bond acceptors (Lipinski definition) is 3. The van der Waals surface area contributed by atoms with Crippen LogP contribution in [-0.2, 0) is 11.2 Å². The highest BCUT2D eigenvalue weighted by Crippen LogP contribution is 2.26. The first-order valence-corrected chi connectivity index (χ1v) is 7.41. The van der Waals surface area contributed by atoms with E-state index in [0.29, 0.717) is 6.54 Å². The summed E-state index contributed by atoms with van der Waals surface area (Å²) in [5.74, 6) is -0.0406. The summed E-state index contributed by atoms with van der Waals surface area (Å²) in [5.41, 5.74) is 6.21. The van der Waals surface area contributed by atoms with Crippen molar-refractivity contribution in [3.05, 3.63) is 29.8 Å². The number of nitrogens with one attached hydrogen (secondary N) is 1. The first-order chi connectivity index (χ1) is 9.74. The molecule has 0 saturated heterocycles. The van der Waals surface area contributed by atoms with Gasteiger partial charge in [-0.25, -0.2) is 5.43 Å². The number of fused-ring (bicyclic) bond motifs is 1. The third kappa shape index (κ3) is 3.59. The first kappa shape index (κ1) is 14.6. The van der Waals surface area contributed by atoms with Crippen LogP contribution in [0.15, 0.2) is 29.4 Å². The molecule has 1 aromatic carbocycles. The summed E-state index contributed by atoms with van der Waals surface area (Å²) in [6.07, 6.45) is 3.96. The molecule has 1 aromatic rings. The molecule has 1 N–H and O–H groups in total. The number of hydrazone groups is 1. The number of amides is 1. The lowest BCUT2D eigenvalue weighted by Gasteiger charge is -2.30. The van der Waals surface area contributed by atoms with Crippen LogP contribution in [0.1, 0.15) is 38.7 Å². The molecule has 0 bridgehead atoms. The van der Waals surface area contributed by atoms with Crippen molar-refractivity contribution in [2.24, 2.45) is 5.10 Å². The SMILES string of the molecule is CCC(CC)=NNC(=O)CN1CCCc2ccccc21. The second-order valence-corrected chi connectivity index (χ2v) is 5.07. The van der Waals surface area contributed by atoms with Crippen LogP contribution in [0.2, 0.25) is 0 Å². The van der Waals surface area contributed by atoms with E-state index in [1.54, 1.807) is 0 Å². The molecule has 0 atom stereocenters. The zero-order valence-corrected chi connectivity index (χ0v) is 12.4. The van der Waals surface area contributed by atoms with Crippen LogP contribution in [0.3, 0.4) is 0 Å². The minimum absolute atomic E-state index is 0.0406. The fourth-order valence-electron chi connectivity index (χ4n) is 2.53. The molecule has 0 saturated carbocycles. The van der Waals surface area contributed by atoms with Gasteiger partial charge in [-0.1, -0.05) is 32.0 Å². The molecule has 4 heteroatoms. The lowest BCUT2D eigenvalue weighted by atomic mass is 10.0. The average molecular weight is 273 g/mol. The van der Waals surface area contributed by atoms with Crippen molar-refractivity contribution >= 4 is 17.3 Å². The number of hydrogen-bond donors (Lipinski definition) is 1. The molecule has 4 nitrogen and oxygen atoms in total. The van der Waals surface area contributed by atoms with E-state index >= 15 is 0 Å². The summed E-state index contributed by atoms with van der Waals surface area (Å²) in [7, 11) is 0. The summed E-state index contributed by atoms with van der Waals surface area (Å²) in [5, 5.41) is 4.17. The van der Waals surface area contributed by atoms with Gasteiger partial charge in [0.2, 0.25) is 0 Å². The summed E-state index contributed by atoms with van der Waals surface area (Å²) >= 11 is 0. The Hall–Kier alpha value is -1.84. The van der Waals surface area contributed by atoms with E-state index < -0.39 is 0 Å². The quantitative estimate of drug-likeness (QED) is 0.662. The van der Waals surface area contributed by atoms with Gasteiger partial charge >= 0.3 is 0 Å². The summed E-state index contributed by atoms with van der Waals surface area (Å²) in [4.78, 5) is 14.1. The van der Waals surface area contributed by atoms with Crippen LogP contribution >= 0.6 is 0 Å². The number of aryl methyl sites for hydroxylation is 1. The Kier molecular flexibility index (Phi) is 5.16. The summed E-state index contributed by atoms with van der Waals surface area (Å²) in [6, 6.07) is 8.32. The van der Waals surface area contributed by atoms with Crippen LogP contribution in [0.4, 0.5) is 5.69 Å². The number of nitrogens with zero attached hydrogens (tertiary/aromatic N) is 2. The molecule has 1 heterocycles. The average Bonchev–Trinajstić information content (AvgIpc) is 2.49. The van der Waals surface area contributed by atoms with Crippen LogP contribution in [-0.4, -0.2) is 24.7 Å². The Bertz CT molecular complexity index is 490. The van der Waals surface area contributed by atoms with Crippen molar-refractivity contribution in [2.45, 2.75) is 39.5 Å². The summed E-state index contributed by atoms with van der Waals surface area (Å²) < 4.78 is 0. The molecule has 108 valence electrons. The van der Waals surface area contributed by atoms with Gasteiger partial charge in [-0.3, -0.25) is 4.79 Å². The van der Waals surface area contributed by atoms with Crippen molar-refractivity contribution in [3.8, 4) is 0 Å². The van der Waals surface area contributed by atoms with Gasteiger partial charge in [0.25, 0.3) is 5.91 Å². The highest BCUT2D eigenvalue weighted by molar-refractivity contribution is 5.87. The first-order valence-electron chi connectivity index (χ1n) is 7.41. The van der Waals surface area contributed by atoms with Gasteiger partial charge in [0.1, 0.15) is 0 Å². The lowest BCUT2D eigenvalue weighted by molar-refractivity contribution is -0.119. The second-order valence-electron chi connectivity index (χ2n) is 5.07.